The Labute approximate surface area is 192 Å². The highest BCUT2D eigenvalue weighted by atomic mass is 16.4. The van der Waals surface area contributed by atoms with E-state index in [4.69, 9.17) is 5.73 Å². The van der Waals surface area contributed by atoms with E-state index in [1.165, 1.54) is 6.92 Å². The summed E-state index contributed by atoms with van der Waals surface area (Å²) in [6.45, 7) is 4.95. The van der Waals surface area contributed by atoms with Gasteiger partial charge < -0.3 is 31.9 Å². The molecular formula is C22H32N4O7. The quantitative estimate of drug-likeness (QED) is 0.228. The Morgan fingerprint density at radius 3 is 1.94 bits per heavy atom. The molecule has 0 spiro atoms. The lowest BCUT2D eigenvalue weighted by Gasteiger charge is -2.27. The van der Waals surface area contributed by atoms with Crippen molar-refractivity contribution in [2.75, 3.05) is 0 Å². The molecule has 0 saturated carbocycles. The van der Waals surface area contributed by atoms with Gasteiger partial charge in [-0.25, -0.2) is 4.79 Å². The predicted molar refractivity (Wildman–Crippen MR) is 119 cm³/mol. The molecule has 33 heavy (non-hydrogen) atoms. The third kappa shape index (κ3) is 9.27. The first kappa shape index (κ1) is 27.6. The summed E-state index contributed by atoms with van der Waals surface area (Å²) in [5, 5.41) is 25.8. The molecule has 5 unspecified atom stereocenters. The number of carbonyl (C=O) groups excluding carboxylic acids is 3. The van der Waals surface area contributed by atoms with Gasteiger partial charge in [0, 0.05) is 6.42 Å². The zero-order chi connectivity index (χ0) is 25.1. The number of benzene rings is 1. The molecule has 5 atom stereocenters. The molecular weight excluding hydrogens is 432 g/mol. The van der Waals surface area contributed by atoms with Crippen LogP contribution in [-0.4, -0.2) is 64.0 Å². The van der Waals surface area contributed by atoms with Crippen LogP contribution in [0.25, 0.3) is 0 Å². The Bertz CT molecular complexity index is 844. The second kappa shape index (κ2) is 13.2. The van der Waals surface area contributed by atoms with E-state index in [2.05, 4.69) is 16.0 Å². The van der Waals surface area contributed by atoms with Crippen LogP contribution in [0.5, 0.6) is 0 Å². The summed E-state index contributed by atoms with van der Waals surface area (Å²) in [5.41, 5.74) is 6.20. The van der Waals surface area contributed by atoms with E-state index in [1.54, 1.807) is 44.2 Å². The normalized spacial score (nSPS) is 15.3. The molecule has 0 heterocycles. The topological polar surface area (TPSA) is 188 Å². The maximum atomic E-state index is 12.9. The number of amides is 3. The van der Waals surface area contributed by atoms with Gasteiger partial charge in [-0.2, -0.15) is 0 Å². The lowest BCUT2D eigenvalue weighted by atomic mass is 9.97. The Morgan fingerprint density at radius 2 is 1.45 bits per heavy atom. The highest BCUT2D eigenvalue weighted by molar-refractivity contribution is 5.95. The average molecular weight is 465 g/mol. The van der Waals surface area contributed by atoms with Crippen molar-refractivity contribution in [2.45, 2.75) is 64.2 Å². The molecule has 7 N–H and O–H groups in total. The zero-order valence-corrected chi connectivity index (χ0v) is 18.9. The van der Waals surface area contributed by atoms with Gasteiger partial charge in [0.25, 0.3) is 0 Å². The van der Waals surface area contributed by atoms with Crippen LogP contribution < -0.4 is 21.7 Å². The van der Waals surface area contributed by atoms with Gasteiger partial charge in [-0.3, -0.25) is 19.2 Å². The second-order valence-electron chi connectivity index (χ2n) is 7.91. The van der Waals surface area contributed by atoms with Crippen LogP contribution in [0.15, 0.2) is 30.3 Å². The van der Waals surface area contributed by atoms with Crippen LogP contribution in [0, 0.1) is 5.92 Å². The van der Waals surface area contributed by atoms with Gasteiger partial charge in [0.1, 0.15) is 18.1 Å². The lowest BCUT2D eigenvalue weighted by molar-refractivity contribution is -0.143. The maximum Gasteiger partial charge on any atom is 0.326 e. The molecule has 1 aromatic rings. The Balaban J connectivity index is 3.02. The minimum Gasteiger partial charge on any atom is -0.481 e. The fourth-order valence-corrected chi connectivity index (χ4v) is 2.95. The van der Waals surface area contributed by atoms with Gasteiger partial charge >= 0.3 is 11.9 Å². The van der Waals surface area contributed by atoms with Crippen molar-refractivity contribution in [1.82, 2.24) is 16.0 Å². The van der Waals surface area contributed by atoms with Gasteiger partial charge in [0.2, 0.25) is 17.7 Å². The SMILES string of the molecule is CCC(C)C(NC(=O)C(C)N)C(=O)NC(CC(=O)O)C(=O)NC(Cc1ccccc1)C(=O)O. The maximum absolute atomic E-state index is 12.9. The zero-order valence-electron chi connectivity index (χ0n) is 18.9. The third-order valence-corrected chi connectivity index (χ3v) is 5.12. The van der Waals surface area contributed by atoms with Gasteiger partial charge in [0.05, 0.1) is 12.5 Å². The summed E-state index contributed by atoms with van der Waals surface area (Å²) < 4.78 is 0. The predicted octanol–water partition coefficient (Wildman–Crippen LogP) is -0.364. The lowest BCUT2D eigenvalue weighted by Crippen LogP contribution is -2.58. The van der Waals surface area contributed by atoms with Crippen molar-refractivity contribution in [2.24, 2.45) is 11.7 Å². The third-order valence-electron chi connectivity index (χ3n) is 5.12. The fourth-order valence-electron chi connectivity index (χ4n) is 2.95. The molecule has 0 aromatic heterocycles. The van der Waals surface area contributed by atoms with E-state index >= 15 is 0 Å². The first-order chi connectivity index (χ1) is 15.5. The number of hydrogen-bond donors (Lipinski definition) is 6. The van der Waals surface area contributed by atoms with Crippen LogP contribution in [0.4, 0.5) is 0 Å². The smallest absolute Gasteiger partial charge is 0.326 e. The average Bonchev–Trinajstić information content (AvgIpc) is 2.75. The van der Waals surface area contributed by atoms with E-state index in [1.807, 2.05) is 0 Å². The molecule has 11 nitrogen and oxygen atoms in total. The van der Waals surface area contributed by atoms with E-state index in [0.29, 0.717) is 12.0 Å². The highest BCUT2D eigenvalue weighted by Crippen LogP contribution is 2.10. The molecule has 1 aromatic carbocycles. The van der Waals surface area contributed by atoms with Crippen LogP contribution in [0.1, 0.15) is 39.2 Å². The summed E-state index contributed by atoms with van der Waals surface area (Å²) in [5.74, 6) is -5.33. The molecule has 3 amide bonds. The molecule has 0 bridgehead atoms. The number of carboxylic acid groups (broad SMARTS) is 2. The van der Waals surface area contributed by atoms with E-state index in [0.717, 1.165) is 0 Å². The van der Waals surface area contributed by atoms with Crippen molar-refractivity contribution in [3.8, 4) is 0 Å². The summed E-state index contributed by atoms with van der Waals surface area (Å²) in [7, 11) is 0. The first-order valence-electron chi connectivity index (χ1n) is 10.6. The van der Waals surface area contributed by atoms with Crippen LogP contribution in [-0.2, 0) is 30.4 Å². The standard InChI is InChI=1S/C22H32N4O7/c1-4-12(2)18(26-19(29)13(3)23)21(31)24-15(11-17(27)28)20(30)25-16(22(32)33)10-14-8-6-5-7-9-14/h5-9,12-13,15-16,18H,4,10-11,23H2,1-3H3,(H,24,31)(H,25,30)(H,26,29)(H,27,28)(H,32,33). The van der Waals surface area contributed by atoms with Crippen LogP contribution in [0.2, 0.25) is 0 Å². The molecule has 0 aliphatic rings. The number of nitrogens with two attached hydrogens (primary N) is 1. The number of hydrogen-bond acceptors (Lipinski definition) is 6. The van der Waals surface area contributed by atoms with Gasteiger partial charge in [0.15, 0.2) is 0 Å². The van der Waals surface area contributed by atoms with Gasteiger partial charge in [-0.05, 0) is 18.4 Å². The highest BCUT2D eigenvalue weighted by Gasteiger charge is 2.33. The van der Waals surface area contributed by atoms with Crippen molar-refractivity contribution in [3.05, 3.63) is 35.9 Å². The molecule has 0 aliphatic heterocycles. The fraction of sp³-hybridized carbons (Fsp3) is 0.500. The van der Waals surface area contributed by atoms with Gasteiger partial charge in [-0.15, -0.1) is 0 Å². The van der Waals surface area contributed by atoms with Crippen molar-refractivity contribution in [1.29, 1.82) is 0 Å². The molecule has 1 rings (SSSR count). The monoisotopic (exact) mass is 464 g/mol. The summed E-state index contributed by atoms with van der Waals surface area (Å²) >= 11 is 0. The summed E-state index contributed by atoms with van der Waals surface area (Å²) in [6.07, 6.45) is -0.301. The molecule has 0 saturated heterocycles. The van der Waals surface area contributed by atoms with E-state index < -0.39 is 60.2 Å². The number of aliphatic carboxylic acids is 2. The first-order valence-corrected chi connectivity index (χ1v) is 10.6. The van der Waals surface area contributed by atoms with Crippen LogP contribution in [0.3, 0.4) is 0 Å². The van der Waals surface area contributed by atoms with Crippen molar-refractivity contribution >= 4 is 29.7 Å². The van der Waals surface area contributed by atoms with E-state index in [-0.39, 0.29) is 12.3 Å². The summed E-state index contributed by atoms with van der Waals surface area (Å²) in [6, 6.07) is 3.75. The van der Waals surface area contributed by atoms with Crippen molar-refractivity contribution in [3.63, 3.8) is 0 Å². The molecule has 0 fully saturated rings. The Morgan fingerprint density at radius 1 is 0.879 bits per heavy atom. The molecule has 182 valence electrons. The van der Waals surface area contributed by atoms with Gasteiger partial charge in [-0.1, -0.05) is 50.6 Å². The number of carbonyl (C=O) groups is 5. The Hall–Kier alpha value is -3.47. The minimum atomic E-state index is -1.55. The van der Waals surface area contributed by atoms with E-state index in [9.17, 15) is 34.2 Å². The molecule has 0 radical (unpaired) electrons. The summed E-state index contributed by atoms with van der Waals surface area (Å²) in [4.78, 5) is 60.6. The molecule has 0 aliphatic carbocycles. The number of carboxylic acids is 2. The second-order valence-corrected chi connectivity index (χ2v) is 7.91. The Kier molecular flexibility index (Phi) is 11.0. The molecule has 11 heteroatoms. The number of nitrogens with one attached hydrogen (secondary N) is 3. The number of rotatable bonds is 13. The largest absolute Gasteiger partial charge is 0.481 e. The van der Waals surface area contributed by atoms with Crippen LogP contribution >= 0.6 is 0 Å². The van der Waals surface area contributed by atoms with Crippen molar-refractivity contribution < 1.29 is 34.2 Å². The minimum absolute atomic E-state index is 0.0322.